The highest BCUT2D eigenvalue weighted by Gasteiger charge is 2.16. The van der Waals surface area contributed by atoms with Crippen LogP contribution in [0.2, 0.25) is 5.02 Å². The molecule has 0 aliphatic rings. The van der Waals surface area contributed by atoms with Crippen LogP contribution in [-0.4, -0.2) is 5.88 Å². The predicted molar refractivity (Wildman–Crippen MR) is 78.1 cm³/mol. The lowest BCUT2D eigenvalue weighted by Crippen LogP contribution is -2.12. The van der Waals surface area contributed by atoms with Gasteiger partial charge < -0.3 is 0 Å². The second kappa shape index (κ2) is 6.66. The molecule has 0 fully saturated rings. The topological polar surface area (TPSA) is 0 Å². The molecule has 0 spiro atoms. The van der Waals surface area contributed by atoms with Gasteiger partial charge in [0.2, 0.25) is 0 Å². The summed E-state index contributed by atoms with van der Waals surface area (Å²) in [6.45, 7) is 6.81. The highest BCUT2D eigenvalue weighted by Crippen LogP contribution is 2.27. The maximum atomic E-state index is 6.17. The highest BCUT2D eigenvalue weighted by molar-refractivity contribution is 6.31. The minimum atomic E-state index is 0.380. The van der Waals surface area contributed by atoms with Crippen LogP contribution in [0.5, 0.6) is 0 Å². The largest absolute Gasteiger partial charge is 0.126 e. The summed E-state index contributed by atoms with van der Waals surface area (Å²) in [5, 5.41) is 0.860. The number of hydrogen-bond donors (Lipinski definition) is 0. The second-order valence-electron chi connectivity index (χ2n) is 5.92. The second-order valence-corrected chi connectivity index (χ2v) is 6.63. The van der Waals surface area contributed by atoms with E-state index in [1.165, 1.54) is 12.0 Å². The van der Waals surface area contributed by atoms with Gasteiger partial charge >= 0.3 is 0 Å². The van der Waals surface area contributed by atoms with Gasteiger partial charge in [-0.05, 0) is 42.2 Å². The first-order chi connectivity index (χ1) is 7.92. The third kappa shape index (κ3) is 5.79. The molecule has 0 radical (unpaired) electrons. The molecule has 0 amide bonds. The number of hydrogen-bond acceptors (Lipinski definition) is 0. The zero-order valence-corrected chi connectivity index (χ0v) is 12.5. The summed E-state index contributed by atoms with van der Waals surface area (Å²) in [6.07, 6.45) is 3.35. The van der Waals surface area contributed by atoms with Gasteiger partial charge in [0.15, 0.2) is 0 Å². The van der Waals surface area contributed by atoms with Gasteiger partial charge in [0.25, 0.3) is 0 Å². The Morgan fingerprint density at radius 1 is 1.18 bits per heavy atom. The quantitative estimate of drug-likeness (QED) is 0.616. The lowest BCUT2D eigenvalue weighted by Gasteiger charge is -2.22. The van der Waals surface area contributed by atoms with Gasteiger partial charge in [-0.25, -0.2) is 0 Å². The van der Waals surface area contributed by atoms with E-state index in [-0.39, 0.29) is 0 Å². The lowest BCUT2D eigenvalue weighted by atomic mass is 9.85. The number of halogens is 2. The van der Waals surface area contributed by atoms with Crippen LogP contribution < -0.4 is 0 Å². The summed E-state index contributed by atoms with van der Waals surface area (Å²) < 4.78 is 0. The van der Waals surface area contributed by atoms with Crippen molar-refractivity contribution in [3.8, 4) is 0 Å². The molecular formula is C15H22Cl2. The maximum Gasteiger partial charge on any atom is 0.0438 e. The Kier molecular flexibility index (Phi) is 5.82. The first kappa shape index (κ1) is 14.9. The minimum absolute atomic E-state index is 0.380. The SMILES string of the molecule is CC(C)(C)CCC(CCl)Cc1ccccc1Cl. The van der Waals surface area contributed by atoms with Crippen LogP contribution in [0.4, 0.5) is 0 Å². The lowest BCUT2D eigenvalue weighted by molar-refractivity contribution is 0.331. The Bertz CT molecular complexity index is 339. The summed E-state index contributed by atoms with van der Waals surface area (Å²) in [5.74, 6) is 1.23. The average molecular weight is 273 g/mol. The third-order valence-corrected chi connectivity index (χ3v) is 3.79. The standard InChI is InChI=1S/C15H22Cl2/c1-15(2,3)9-8-12(11-16)10-13-6-4-5-7-14(13)17/h4-7,12H,8-11H2,1-3H3. The Labute approximate surface area is 115 Å². The van der Waals surface area contributed by atoms with E-state index in [0.29, 0.717) is 17.2 Å². The third-order valence-electron chi connectivity index (χ3n) is 2.99. The van der Waals surface area contributed by atoms with Gasteiger partial charge in [-0.15, -0.1) is 11.6 Å². The number of alkyl halides is 1. The van der Waals surface area contributed by atoms with Crippen molar-refractivity contribution in [3.05, 3.63) is 34.9 Å². The molecule has 0 heterocycles. The molecule has 0 aliphatic carbocycles. The van der Waals surface area contributed by atoms with Gasteiger partial charge in [-0.3, -0.25) is 0 Å². The van der Waals surface area contributed by atoms with E-state index >= 15 is 0 Å². The molecule has 1 aromatic rings. The smallest absolute Gasteiger partial charge is 0.0438 e. The van der Waals surface area contributed by atoms with Gasteiger partial charge in [0, 0.05) is 10.9 Å². The van der Waals surface area contributed by atoms with Crippen LogP contribution in [0, 0.1) is 11.3 Å². The van der Waals surface area contributed by atoms with Gasteiger partial charge in [0.05, 0.1) is 0 Å². The van der Waals surface area contributed by atoms with Crippen molar-refractivity contribution >= 4 is 23.2 Å². The van der Waals surface area contributed by atoms with Crippen LogP contribution in [0.15, 0.2) is 24.3 Å². The molecule has 0 saturated carbocycles. The first-order valence-electron chi connectivity index (χ1n) is 6.22. The zero-order chi connectivity index (χ0) is 12.9. The molecule has 1 aromatic carbocycles. The molecule has 1 rings (SSSR count). The van der Waals surface area contributed by atoms with E-state index in [9.17, 15) is 0 Å². The van der Waals surface area contributed by atoms with Gasteiger partial charge in [-0.1, -0.05) is 50.6 Å². The number of benzene rings is 1. The van der Waals surface area contributed by atoms with E-state index in [4.69, 9.17) is 23.2 Å². The fraction of sp³-hybridized carbons (Fsp3) is 0.600. The Morgan fingerprint density at radius 3 is 2.35 bits per heavy atom. The van der Waals surface area contributed by atoms with Crippen LogP contribution in [-0.2, 0) is 6.42 Å². The van der Waals surface area contributed by atoms with Crippen molar-refractivity contribution in [1.29, 1.82) is 0 Å². The van der Waals surface area contributed by atoms with E-state index in [1.807, 2.05) is 18.2 Å². The summed E-state index contributed by atoms with van der Waals surface area (Å²) in [7, 11) is 0. The summed E-state index contributed by atoms with van der Waals surface area (Å²) >= 11 is 12.2. The minimum Gasteiger partial charge on any atom is -0.126 e. The van der Waals surface area contributed by atoms with E-state index < -0.39 is 0 Å². The van der Waals surface area contributed by atoms with Crippen LogP contribution >= 0.6 is 23.2 Å². The molecular weight excluding hydrogens is 251 g/mol. The van der Waals surface area contributed by atoms with Gasteiger partial charge in [-0.2, -0.15) is 0 Å². The molecule has 0 aromatic heterocycles. The highest BCUT2D eigenvalue weighted by atomic mass is 35.5. The normalized spacial score (nSPS) is 13.7. The molecule has 0 bridgehead atoms. The van der Waals surface area contributed by atoms with E-state index in [2.05, 4.69) is 26.8 Å². The summed E-state index contributed by atoms with van der Waals surface area (Å²) in [6, 6.07) is 8.05. The number of rotatable bonds is 5. The van der Waals surface area contributed by atoms with E-state index in [0.717, 1.165) is 17.9 Å². The molecule has 0 N–H and O–H groups in total. The Hall–Kier alpha value is -0.200. The van der Waals surface area contributed by atoms with Crippen molar-refractivity contribution in [2.45, 2.75) is 40.0 Å². The summed E-state index contributed by atoms with van der Waals surface area (Å²) in [5.41, 5.74) is 1.60. The molecule has 0 saturated heterocycles. The molecule has 1 unspecified atom stereocenters. The van der Waals surface area contributed by atoms with Crippen molar-refractivity contribution in [2.75, 3.05) is 5.88 Å². The summed E-state index contributed by atoms with van der Waals surface area (Å²) in [4.78, 5) is 0. The molecule has 0 nitrogen and oxygen atoms in total. The van der Waals surface area contributed by atoms with Crippen molar-refractivity contribution in [3.63, 3.8) is 0 Å². The molecule has 96 valence electrons. The van der Waals surface area contributed by atoms with Crippen molar-refractivity contribution in [1.82, 2.24) is 0 Å². The van der Waals surface area contributed by atoms with Crippen molar-refractivity contribution in [2.24, 2.45) is 11.3 Å². The molecule has 2 heteroatoms. The van der Waals surface area contributed by atoms with Crippen LogP contribution in [0.1, 0.15) is 39.2 Å². The molecule has 1 atom stereocenters. The fourth-order valence-electron chi connectivity index (χ4n) is 1.85. The van der Waals surface area contributed by atoms with Crippen molar-refractivity contribution < 1.29 is 0 Å². The molecule has 17 heavy (non-hydrogen) atoms. The van der Waals surface area contributed by atoms with Crippen LogP contribution in [0.25, 0.3) is 0 Å². The zero-order valence-electron chi connectivity index (χ0n) is 11.0. The molecule has 0 aliphatic heterocycles. The Balaban J connectivity index is 2.56. The fourth-order valence-corrected chi connectivity index (χ4v) is 2.32. The first-order valence-corrected chi connectivity index (χ1v) is 7.13. The monoisotopic (exact) mass is 272 g/mol. The maximum absolute atomic E-state index is 6.17. The van der Waals surface area contributed by atoms with Gasteiger partial charge in [0.1, 0.15) is 0 Å². The average Bonchev–Trinajstić information content (AvgIpc) is 2.25. The predicted octanol–water partition coefficient (Wildman–Crippen LogP) is 5.56. The van der Waals surface area contributed by atoms with Crippen LogP contribution in [0.3, 0.4) is 0 Å². The van der Waals surface area contributed by atoms with E-state index in [1.54, 1.807) is 0 Å². The Morgan fingerprint density at radius 2 is 1.82 bits per heavy atom.